The number of nitrogens with two attached hydrogens (primary N) is 1. The molecule has 0 aromatic heterocycles. The maximum absolute atomic E-state index is 12.9. The average Bonchev–Trinajstić information content (AvgIpc) is 2.29. The lowest BCUT2D eigenvalue weighted by Gasteiger charge is -2.20. The Morgan fingerprint density at radius 2 is 2.00 bits per heavy atom. The van der Waals surface area contributed by atoms with Crippen molar-refractivity contribution >= 4 is 5.91 Å². The van der Waals surface area contributed by atoms with E-state index in [9.17, 15) is 13.6 Å². The molecule has 94 valence electrons. The third-order valence-electron chi connectivity index (χ3n) is 2.16. The summed E-state index contributed by atoms with van der Waals surface area (Å²) in [7, 11) is 0. The SMILES string of the molecule is CC(C)C(Oc1ccc(F)c(F)c1)C(=O)NN. The Bertz CT molecular complexity index is 410. The number of rotatable bonds is 4. The van der Waals surface area contributed by atoms with Crippen LogP contribution in [0.5, 0.6) is 5.75 Å². The monoisotopic (exact) mass is 244 g/mol. The van der Waals surface area contributed by atoms with Gasteiger partial charge >= 0.3 is 0 Å². The Morgan fingerprint density at radius 3 is 2.47 bits per heavy atom. The van der Waals surface area contributed by atoms with Gasteiger partial charge in [0.05, 0.1) is 0 Å². The molecule has 1 atom stereocenters. The summed E-state index contributed by atoms with van der Waals surface area (Å²) in [6, 6.07) is 3.06. The highest BCUT2D eigenvalue weighted by atomic mass is 19.2. The highest BCUT2D eigenvalue weighted by molar-refractivity contribution is 5.80. The third kappa shape index (κ3) is 3.39. The quantitative estimate of drug-likeness (QED) is 0.477. The fraction of sp³-hybridized carbons (Fsp3) is 0.364. The van der Waals surface area contributed by atoms with Crippen molar-refractivity contribution in [3.05, 3.63) is 29.8 Å². The van der Waals surface area contributed by atoms with Crippen LogP contribution in [0.15, 0.2) is 18.2 Å². The summed E-state index contributed by atoms with van der Waals surface area (Å²) in [6.45, 7) is 3.50. The summed E-state index contributed by atoms with van der Waals surface area (Å²) in [5.74, 6) is 2.40. The van der Waals surface area contributed by atoms with Crippen LogP contribution >= 0.6 is 0 Å². The minimum Gasteiger partial charge on any atom is -0.480 e. The van der Waals surface area contributed by atoms with Gasteiger partial charge in [-0.2, -0.15) is 0 Å². The zero-order valence-electron chi connectivity index (χ0n) is 9.54. The van der Waals surface area contributed by atoms with Crippen LogP contribution < -0.4 is 16.0 Å². The first kappa shape index (κ1) is 13.4. The van der Waals surface area contributed by atoms with Crippen molar-refractivity contribution in [2.45, 2.75) is 20.0 Å². The summed E-state index contributed by atoms with van der Waals surface area (Å²) >= 11 is 0. The lowest BCUT2D eigenvalue weighted by molar-refractivity contribution is -0.129. The number of amides is 1. The molecule has 3 N–H and O–H groups in total. The Labute approximate surface area is 97.7 Å². The Balaban J connectivity index is 2.86. The lowest BCUT2D eigenvalue weighted by Crippen LogP contribution is -2.44. The zero-order valence-corrected chi connectivity index (χ0v) is 9.54. The van der Waals surface area contributed by atoms with E-state index in [1.807, 2.05) is 5.43 Å². The predicted molar refractivity (Wildman–Crippen MR) is 57.9 cm³/mol. The van der Waals surface area contributed by atoms with E-state index < -0.39 is 23.6 Å². The van der Waals surface area contributed by atoms with Gasteiger partial charge < -0.3 is 4.74 Å². The van der Waals surface area contributed by atoms with E-state index in [-0.39, 0.29) is 11.7 Å². The smallest absolute Gasteiger partial charge is 0.275 e. The van der Waals surface area contributed by atoms with E-state index in [4.69, 9.17) is 10.6 Å². The van der Waals surface area contributed by atoms with Gasteiger partial charge in [-0.1, -0.05) is 13.8 Å². The van der Waals surface area contributed by atoms with Gasteiger partial charge in [-0.3, -0.25) is 10.2 Å². The minimum atomic E-state index is -1.03. The number of nitrogens with one attached hydrogen (secondary N) is 1. The first-order valence-electron chi connectivity index (χ1n) is 5.08. The zero-order chi connectivity index (χ0) is 13.0. The number of carbonyl (C=O) groups is 1. The molecule has 1 aromatic rings. The largest absolute Gasteiger partial charge is 0.480 e. The van der Waals surface area contributed by atoms with Crippen LogP contribution in [0.1, 0.15) is 13.8 Å². The molecule has 0 spiro atoms. The molecule has 0 aliphatic heterocycles. The molecule has 1 unspecified atom stereocenters. The first-order chi connectivity index (χ1) is 7.95. The highest BCUT2D eigenvalue weighted by Gasteiger charge is 2.23. The normalized spacial score (nSPS) is 12.4. The predicted octanol–water partition coefficient (Wildman–Crippen LogP) is 1.36. The Kier molecular flexibility index (Phi) is 4.39. The number of benzene rings is 1. The average molecular weight is 244 g/mol. The molecule has 0 heterocycles. The molecule has 0 bridgehead atoms. The summed E-state index contributed by atoms with van der Waals surface area (Å²) in [4.78, 5) is 11.4. The summed E-state index contributed by atoms with van der Waals surface area (Å²) < 4.78 is 30.9. The van der Waals surface area contributed by atoms with Crippen molar-refractivity contribution in [2.24, 2.45) is 11.8 Å². The second-order valence-electron chi connectivity index (χ2n) is 3.87. The first-order valence-corrected chi connectivity index (χ1v) is 5.08. The van der Waals surface area contributed by atoms with Gasteiger partial charge in [0.1, 0.15) is 5.75 Å². The molecule has 1 rings (SSSR count). The lowest BCUT2D eigenvalue weighted by atomic mass is 10.1. The van der Waals surface area contributed by atoms with E-state index in [0.29, 0.717) is 0 Å². The fourth-order valence-corrected chi connectivity index (χ4v) is 1.27. The summed E-state index contributed by atoms with van der Waals surface area (Å²) in [5.41, 5.74) is 1.96. The molecule has 0 saturated carbocycles. The standard InChI is InChI=1S/C11H14F2N2O2/c1-6(2)10(11(16)15-14)17-7-3-4-8(12)9(13)5-7/h3-6,10H,14H2,1-2H3,(H,15,16). The Morgan fingerprint density at radius 1 is 1.35 bits per heavy atom. The maximum atomic E-state index is 12.9. The number of halogens is 2. The molecule has 1 amide bonds. The van der Waals surface area contributed by atoms with Crippen LogP contribution in [0, 0.1) is 17.6 Å². The van der Waals surface area contributed by atoms with Crippen LogP contribution in [0.2, 0.25) is 0 Å². The third-order valence-corrected chi connectivity index (χ3v) is 2.16. The molecule has 6 heteroatoms. The van der Waals surface area contributed by atoms with Crippen molar-refractivity contribution in [3.8, 4) is 5.75 Å². The topological polar surface area (TPSA) is 64.3 Å². The van der Waals surface area contributed by atoms with Crippen molar-refractivity contribution < 1.29 is 18.3 Å². The maximum Gasteiger partial charge on any atom is 0.275 e. The molecule has 4 nitrogen and oxygen atoms in total. The molecule has 0 saturated heterocycles. The van der Waals surface area contributed by atoms with Gasteiger partial charge in [0.15, 0.2) is 17.7 Å². The van der Waals surface area contributed by atoms with Gasteiger partial charge in [-0.15, -0.1) is 0 Å². The molecule has 1 aromatic carbocycles. The van der Waals surface area contributed by atoms with Gasteiger partial charge in [-0.05, 0) is 18.1 Å². The molecule has 0 aliphatic rings. The molecule has 0 aliphatic carbocycles. The van der Waals surface area contributed by atoms with Gasteiger partial charge in [0, 0.05) is 6.07 Å². The van der Waals surface area contributed by atoms with Crippen LogP contribution in [-0.2, 0) is 4.79 Å². The summed E-state index contributed by atoms with van der Waals surface area (Å²) in [5, 5.41) is 0. The summed E-state index contributed by atoms with van der Waals surface area (Å²) in [6.07, 6.45) is -0.857. The highest BCUT2D eigenvalue weighted by Crippen LogP contribution is 2.19. The fourth-order valence-electron chi connectivity index (χ4n) is 1.27. The number of hydrogen-bond donors (Lipinski definition) is 2. The minimum absolute atomic E-state index is 0.0752. The molecule has 17 heavy (non-hydrogen) atoms. The van der Waals surface area contributed by atoms with Gasteiger partial charge in [0.25, 0.3) is 5.91 Å². The van der Waals surface area contributed by atoms with Crippen molar-refractivity contribution in [3.63, 3.8) is 0 Å². The number of hydrogen-bond acceptors (Lipinski definition) is 3. The van der Waals surface area contributed by atoms with Crippen molar-refractivity contribution in [1.29, 1.82) is 0 Å². The molecule has 0 radical (unpaired) electrons. The van der Waals surface area contributed by atoms with E-state index in [0.717, 1.165) is 12.1 Å². The van der Waals surface area contributed by atoms with Crippen LogP contribution in [0.25, 0.3) is 0 Å². The van der Waals surface area contributed by atoms with Crippen LogP contribution in [0.3, 0.4) is 0 Å². The number of hydrazine groups is 1. The number of ether oxygens (including phenoxy) is 1. The second-order valence-corrected chi connectivity index (χ2v) is 3.87. The van der Waals surface area contributed by atoms with Crippen LogP contribution in [-0.4, -0.2) is 12.0 Å². The van der Waals surface area contributed by atoms with E-state index >= 15 is 0 Å². The second kappa shape index (κ2) is 5.58. The Hall–Kier alpha value is -1.69. The van der Waals surface area contributed by atoms with Gasteiger partial charge in [-0.25, -0.2) is 14.6 Å². The molecular weight excluding hydrogens is 230 g/mol. The van der Waals surface area contributed by atoms with Gasteiger partial charge in [0.2, 0.25) is 0 Å². The molecule has 0 fully saturated rings. The van der Waals surface area contributed by atoms with Crippen molar-refractivity contribution in [2.75, 3.05) is 0 Å². The van der Waals surface area contributed by atoms with E-state index in [1.54, 1.807) is 13.8 Å². The number of carbonyl (C=O) groups excluding carboxylic acids is 1. The van der Waals surface area contributed by atoms with E-state index in [2.05, 4.69) is 0 Å². The van der Waals surface area contributed by atoms with E-state index in [1.165, 1.54) is 6.07 Å². The van der Waals surface area contributed by atoms with Crippen molar-refractivity contribution in [1.82, 2.24) is 5.43 Å². The van der Waals surface area contributed by atoms with Crippen LogP contribution in [0.4, 0.5) is 8.78 Å². The molecular formula is C11H14F2N2O2.